The molecule has 158 valence electrons. The summed E-state index contributed by atoms with van der Waals surface area (Å²) in [6.45, 7) is 0.907. The van der Waals surface area contributed by atoms with Gasteiger partial charge in [0, 0.05) is 18.7 Å². The van der Waals surface area contributed by atoms with Gasteiger partial charge in [-0.25, -0.2) is 0 Å². The van der Waals surface area contributed by atoms with Crippen molar-refractivity contribution in [3.05, 3.63) is 65.2 Å². The van der Waals surface area contributed by atoms with Crippen molar-refractivity contribution < 1.29 is 24.2 Å². The molecule has 1 heterocycles. The number of methoxy groups -OCH3 is 2. The molecule has 2 aromatic rings. The smallest absolute Gasteiger partial charge is 0.295 e. The molecule has 0 unspecified atom stereocenters. The van der Waals surface area contributed by atoms with Crippen LogP contribution in [0.1, 0.15) is 17.2 Å². The minimum Gasteiger partial charge on any atom is -0.507 e. The Morgan fingerprint density at radius 1 is 1.03 bits per heavy atom. The van der Waals surface area contributed by atoms with Gasteiger partial charge in [-0.05, 0) is 31.8 Å². The fourth-order valence-electron chi connectivity index (χ4n) is 3.54. The van der Waals surface area contributed by atoms with E-state index in [2.05, 4.69) is 0 Å². The Hall–Kier alpha value is -3.32. The lowest BCUT2D eigenvalue weighted by Gasteiger charge is -2.27. The average Bonchev–Trinajstić information content (AvgIpc) is 3.01. The van der Waals surface area contributed by atoms with E-state index in [1.54, 1.807) is 42.5 Å². The Balaban J connectivity index is 2.17. The zero-order chi connectivity index (χ0) is 21.8. The average molecular weight is 410 g/mol. The SMILES string of the molecule is COc1ccc([C@@H]2C(=C(O)c3ccccc3)C(=O)C(=O)N2CCN(C)C)cc1OC. The number of hydrogen-bond acceptors (Lipinski definition) is 6. The maximum absolute atomic E-state index is 13.0. The first-order valence-corrected chi connectivity index (χ1v) is 9.59. The second kappa shape index (κ2) is 9.00. The van der Waals surface area contributed by atoms with E-state index >= 15 is 0 Å². The van der Waals surface area contributed by atoms with E-state index in [0.717, 1.165) is 0 Å². The first-order chi connectivity index (χ1) is 14.4. The van der Waals surface area contributed by atoms with Crippen molar-refractivity contribution in [2.75, 3.05) is 41.4 Å². The molecule has 0 aliphatic carbocycles. The van der Waals surface area contributed by atoms with Gasteiger partial charge in [0.15, 0.2) is 11.5 Å². The van der Waals surface area contributed by atoms with Crippen LogP contribution in [0.5, 0.6) is 11.5 Å². The molecule has 1 atom stereocenters. The summed E-state index contributed by atoms with van der Waals surface area (Å²) in [6, 6.07) is 13.3. The van der Waals surface area contributed by atoms with Crippen LogP contribution in [0.3, 0.4) is 0 Å². The van der Waals surface area contributed by atoms with Crippen molar-refractivity contribution in [1.82, 2.24) is 9.80 Å². The number of carbonyl (C=O) groups excluding carboxylic acids is 2. The van der Waals surface area contributed by atoms with Crippen LogP contribution in [-0.4, -0.2) is 68.0 Å². The molecule has 0 bridgehead atoms. The van der Waals surface area contributed by atoms with Crippen LogP contribution >= 0.6 is 0 Å². The fourth-order valence-corrected chi connectivity index (χ4v) is 3.54. The fraction of sp³-hybridized carbons (Fsp3) is 0.304. The highest BCUT2D eigenvalue weighted by molar-refractivity contribution is 6.46. The highest BCUT2D eigenvalue weighted by Crippen LogP contribution is 2.41. The number of carbonyl (C=O) groups is 2. The maximum atomic E-state index is 13.0. The van der Waals surface area contributed by atoms with E-state index in [9.17, 15) is 14.7 Å². The topological polar surface area (TPSA) is 79.3 Å². The summed E-state index contributed by atoms with van der Waals surface area (Å²) in [7, 11) is 6.85. The zero-order valence-electron chi connectivity index (χ0n) is 17.6. The van der Waals surface area contributed by atoms with Gasteiger partial charge < -0.3 is 24.4 Å². The highest BCUT2D eigenvalue weighted by Gasteiger charge is 2.46. The molecule has 30 heavy (non-hydrogen) atoms. The quantitative estimate of drug-likeness (QED) is 0.430. The van der Waals surface area contributed by atoms with Crippen molar-refractivity contribution in [3.8, 4) is 11.5 Å². The predicted octanol–water partition coefficient (Wildman–Crippen LogP) is 2.69. The van der Waals surface area contributed by atoms with E-state index in [1.165, 1.54) is 19.1 Å². The second-order valence-electron chi connectivity index (χ2n) is 7.28. The second-order valence-corrected chi connectivity index (χ2v) is 7.28. The summed E-state index contributed by atoms with van der Waals surface area (Å²) in [4.78, 5) is 29.3. The van der Waals surface area contributed by atoms with Gasteiger partial charge in [0.2, 0.25) is 0 Å². The van der Waals surface area contributed by atoms with Crippen LogP contribution in [0.25, 0.3) is 5.76 Å². The Bertz CT molecular complexity index is 969. The molecule has 1 aliphatic heterocycles. The van der Waals surface area contributed by atoms with Gasteiger partial charge in [0.25, 0.3) is 11.7 Å². The number of aliphatic hydroxyl groups excluding tert-OH is 1. The number of benzene rings is 2. The number of likely N-dealkylation sites (N-methyl/N-ethyl adjacent to an activating group) is 1. The minimum absolute atomic E-state index is 0.0668. The predicted molar refractivity (Wildman–Crippen MR) is 114 cm³/mol. The van der Waals surface area contributed by atoms with Gasteiger partial charge in [-0.15, -0.1) is 0 Å². The number of ketones is 1. The first-order valence-electron chi connectivity index (χ1n) is 9.59. The number of ether oxygens (including phenoxy) is 2. The van der Waals surface area contributed by atoms with Gasteiger partial charge in [-0.3, -0.25) is 9.59 Å². The third-order valence-electron chi connectivity index (χ3n) is 5.10. The third kappa shape index (κ3) is 4.02. The number of hydrogen-bond donors (Lipinski definition) is 1. The summed E-state index contributed by atoms with van der Waals surface area (Å²) in [6.07, 6.45) is 0. The summed E-state index contributed by atoms with van der Waals surface area (Å²) < 4.78 is 10.7. The molecular weight excluding hydrogens is 384 g/mol. The number of rotatable bonds is 7. The van der Waals surface area contributed by atoms with Crippen LogP contribution in [0, 0.1) is 0 Å². The lowest BCUT2D eigenvalue weighted by atomic mass is 9.95. The summed E-state index contributed by atoms with van der Waals surface area (Å²) >= 11 is 0. The molecule has 0 spiro atoms. The number of likely N-dealkylation sites (tertiary alicyclic amines) is 1. The van der Waals surface area contributed by atoms with Gasteiger partial charge in [0.1, 0.15) is 5.76 Å². The molecule has 1 aliphatic rings. The van der Waals surface area contributed by atoms with Crippen LogP contribution in [0.2, 0.25) is 0 Å². The van der Waals surface area contributed by atoms with Crippen molar-refractivity contribution in [2.45, 2.75) is 6.04 Å². The van der Waals surface area contributed by atoms with Crippen LogP contribution in [0.15, 0.2) is 54.1 Å². The summed E-state index contributed by atoms with van der Waals surface area (Å²) in [5, 5.41) is 11.0. The number of nitrogens with zero attached hydrogens (tertiary/aromatic N) is 2. The molecule has 7 heteroatoms. The Labute approximate surface area is 176 Å². The summed E-state index contributed by atoms with van der Waals surface area (Å²) in [5.74, 6) is -0.507. The van der Waals surface area contributed by atoms with E-state index in [1.807, 2.05) is 25.1 Å². The van der Waals surface area contributed by atoms with Crippen LogP contribution in [-0.2, 0) is 9.59 Å². The lowest BCUT2D eigenvalue weighted by molar-refractivity contribution is -0.140. The third-order valence-corrected chi connectivity index (χ3v) is 5.10. The number of aliphatic hydroxyl groups is 1. The molecule has 1 N–H and O–H groups in total. The Kier molecular flexibility index (Phi) is 6.42. The highest BCUT2D eigenvalue weighted by atomic mass is 16.5. The molecule has 3 rings (SSSR count). The van der Waals surface area contributed by atoms with Crippen molar-refractivity contribution in [1.29, 1.82) is 0 Å². The molecule has 2 aromatic carbocycles. The van der Waals surface area contributed by atoms with Crippen LogP contribution in [0.4, 0.5) is 0 Å². The van der Waals surface area contributed by atoms with E-state index in [4.69, 9.17) is 9.47 Å². The minimum atomic E-state index is -0.732. The van der Waals surface area contributed by atoms with Gasteiger partial charge in [-0.2, -0.15) is 0 Å². The summed E-state index contributed by atoms with van der Waals surface area (Å²) in [5.41, 5.74) is 1.20. The largest absolute Gasteiger partial charge is 0.507 e. The van der Waals surface area contributed by atoms with E-state index in [0.29, 0.717) is 35.7 Å². The standard InChI is InChI=1S/C23H26N2O5/c1-24(2)12-13-25-20(16-10-11-17(29-3)18(14-16)30-4)19(22(27)23(25)28)21(26)15-8-6-5-7-9-15/h5-11,14,20,26H,12-13H2,1-4H3/t20-/m1/s1. The monoisotopic (exact) mass is 410 g/mol. The van der Waals surface area contributed by atoms with Crippen molar-refractivity contribution >= 4 is 17.4 Å². The molecule has 7 nitrogen and oxygen atoms in total. The van der Waals surface area contributed by atoms with Gasteiger partial charge in [-0.1, -0.05) is 36.4 Å². The normalized spacial score (nSPS) is 18.2. The molecule has 1 saturated heterocycles. The Morgan fingerprint density at radius 2 is 1.70 bits per heavy atom. The first kappa shape index (κ1) is 21.4. The zero-order valence-corrected chi connectivity index (χ0v) is 17.6. The molecule has 1 amide bonds. The lowest BCUT2D eigenvalue weighted by Crippen LogP contribution is -2.35. The van der Waals surface area contributed by atoms with E-state index in [-0.39, 0.29) is 11.3 Å². The molecule has 0 saturated carbocycles. The number of amides is 1. The van der Waals surface area contributed by atoms with E-state index < -0.39 is 17.7 Å². The maximum Gasteiger partial charge on any atom is 0.295 e. The van der Waals surface area contributed by atoms with Gasteiger partial charge >= 0.3 is 0 Å². The van der Waals surface area contributed by atoms with Crippen LogP contribution < -0.4 is 9.47 Å². The molecule has 1 fully saturated rings. The molecular formula is C23H26N2O5. The number of Topliss-reactive ketones (excluding diaryl/α,β-unsaturated/α-hetero) is 1. The van der Waals surface area contributed by atoms with Gasteiger partial charge in [0.05, 0.1) is 25.8 Å². The molecule has 0 radical (unpaired) electrons. The van der Waals surface area contributed by atoms with Crippen molar-refractivity contribution in [2.24, 2.45) is 0 Å². The molecule has 0 aromatic heterocycles. The Morgan fingerprint density at radius 3 is 2.30 bits per heavy atom. The van der Waals surface area contributed by atoms with Crippen molar-refractivity contribution in [3.63, 3.8) is 0 Å².